The summed E-state index contributed by atoms with van der Waals surface area (Å²) in [6.07, 6.45) is 0.571. The van der Waals surface area contributed by atoms with Crippen molar-refractivity contribution < 1.29 is 18.0 Å². The van der Waals surface area contributed by atoms with E-state index in [1.165, 1.54) is 6.08 Å². The molecule has 0 spiro atoms. The monoisotopic (exact) mass is 337 g/mol. The largest absolute Gasteiger partial charge is 0.406 e. The number of carbonyl (C=O) groups is 1. The van der Waals surface area contributed by atoms with Gasteiger partial charge < -0.3 is 4.90 Å². The number of para-hydroxylation sites is 1. The molecule has 0 saturated heterocycles. The summed E-state index contributed by atoms with van der Waals surface area (Å²) >= 11 is 0. The number of carbonyl (C=O) groups excluding carboxylic acids is 1. The summed E-state index contributed by atoms with van der Waals surface area (Å²) in [5.41, 5.74) is 1.66. The van der Waals surface area contributed by atoms with E-state index < -0.39 is 18.6 Å². The fourth-order valence-electron chi connectivity index (χ4n) is 2.25. The van der Waals surface area contributed by atoms with Gasteiger partial charge in [0.2, 0.25) is 5.91 Å². The van der Waals surface area contributed by atoms with Gasteiger partial charge in [-0.2, -0.15) is 18.3 Å². The van der Waals surface area contributed by atoms with Gasteiger partial charge in [0.1, 0.15) is 6.54 Å². The van der Waals surface area contributed by atoms with E-state index in [1.54, 1.807) is 17.1 Å². The number of amides is 1. The topological polar surface area (TPSA) is 38.1 Å². The summed E-state index contributed by atoms with van der Waals surface area (Å²) in [7, 11) is 0. The van der Waals surface area contributed by atoms with Crippen LogP contribution in [0.25, 0.3) is 5.69 Å². The molecule has 0 saturated carbocycles. The molecule has 0 bridgehead atoms. The normalized spacial score (nSPS) is 11.3. The van der Waals surface area contributed by atoms with Gasteiger partial charge in [0, 0.05) is 19.2 Å². The molecule has 2 rings (SSSR count). The van der Waals surface area contributed by atoms with E-state index in [-0.39, 0.29) is 13.0 Å². The van der Waals surface area contributed by atoms with Crippen LogP contribution in [0.1, 0.15) is 12.0 Å². The molecule has 7 heteroatoms. The van der Waals surface area contributed by atoms with Crippen LogP contribution < -0.4 is 0 Å². The first-order valence-corrected chi connectivity index (χ1v) is 7.43. The molecule has 1 aromatic carbocycles. The zero-order valence-electron chi connectivity index (χ0n) is 13.0. The first-order valence-electron chi connectivity index (χ1n) is 7.43. The van der Waals surface area contributed by atoms with Gasteiger partial charge in [-0.3, -0.25) is 4.79 Å². The Balaban J connectivity index is 1.95. The lowest BCUT2D eigenvalue weighted by molar-refractivity contribution is -0.160. The van der Waals surface area contributed by atoms with Gasteiger partial charge >= 0.3 is 6.18 Å². The van der Waals surface area contributed by atoms with E-state index in [0.29, 0.717) is 6.42 Å². The number of rotatable bonds is 7. The highest BCUT2D eigenvalue weighted by Crippen LogP contribution is 2.17. The summed E-state index contributed by atoms with van der Waals surface area (Å²) in [4.78, 5) is 12.8. The Kier molecular flexibility index (Phi) is 5.78. The van der Waals surface area contributed by atoms with Crippen molar-refractivity contribution in [1.82, 2.24) is 14.7 Å². The van der Waals surface area contributed by atoms with Crippen molar-refractivity contribution in [2.24, 2.45) is 0 Å². The third-order valence-electron chi connectivity index (χ3n) is 3.36. The Bertz CT molecular complexity index is 680. The molecule has 0 fully saturated rings. The van der Waals surface area contributed by atoms with Crippen molar-refractivity contribution in [1.29, 1.82) is 0 Å². The van der Waals surface area contributed by atoms with Crippen LogP contribution in [-0.4, -0.2) is 39.9 Å². The standard InChI is InChI=1S/C17H18F3N3O/c1-2-10-22(13-17(18,19)20)16(24)9-8-14-11-21-23(12-14)15-6-4-3-5-7-15/h2-7,11-12H,1,8-10,13H2. The van der Waals surface area contributed by atoms with Gasteiger partial charge in [-0.05, 0) is 24.1 Å². The molecule has 0 atom stereocenters. The molecule has 0 radical (unpaired) electrons. The molecule has 128 valence electrons. The zero-order chi connectivity index (χ0) is 17.6. The lowest BCUT2D eigenvalue weighted by Gasteiger charge is -2.22. The Hall–Kier alpha value is -2.57. The number of aryl methyl sites for hydroxylation is 1. The van der Waals surface area contributed by atoms with Crippen molar-refractivity contribution in [3.8, 4) is 5.69 Å². The fraction of sp³-hybridized carbons (Fsp3) is 0.294. The van der Waals surface area contributed by atoms with Crippen LogP contribution in [-0.2, 0) is 11.2 Å². The maximum atomic E-state index is 12.5. The predicted octanol–water partition coefficient (Wildman–Crippen LogP) is 3.38. The molecular weight excluding hydrogens is 319 g/mol. The lowest BCUT2D eigenvalue weighted by atomic mass is 10.2. The molecule has 0 N–H and O–H groups in total. The number of alkyl halides is 3. The highest BCUT2D eigenvalue weighted by atomic mass is 19.4. The van der Waals surface area contributed by atoms with Crippen molar-refractivity contribution >= 4 is 5.91 Å². The number of aromatic nitrogens is 2. The Morgan fingerprint density at radius 2 is 2.00 bits per heavy atom. The maximum absolute atomic E-state index is 12.5. The molecular formula is C17H18F3N3O. The third-order valence-corrected chi connectivity index (χ3v) is 3.36. The number of hydrogen-bond acceptors (Lipinski definition) is 2. The highest BCUT2D eigenvalue weighted by molar-refractivity contribution is 5.76. The summed E-state index contributed by atoms with van der Waals surface area (Å²) in [6.45, 7) is 2.01. The maximum Gasteiger partial charge on any atom is 0.406 e. The lowest BCUT2D eigenvalue weighted by Crippen LogP contribution is -2.39. The molecule has 1 aromatic heterocycles. The van der Waals surface area contributed by atoms with Gasteiger partial charge in [0.05, 0.1) is 11.9 Å². The first kappa shape index (κ1) is 17.8. The predicted molar refractivity (Wildman–Crippen MR) is 84.7 cm³/mol. The molecule has 2 aromatic rings. The summed E-state index contributed by atoms with van der Waals surface area (Å²) in [6, 6.07) is 9.42. The van der Waals surface area contributed by atoms with Crippen molar-refractivity contribution in [2.75, 3.05) is 13.1 Å². The Labute approximate surface area is 138 Å². The third kappa shape index (κ3) is 5.26. The molecule has 1 heterocycles. The van der Waals surface area contributed by atoms with Crippen molar-refractivity contribution in [3.63, 3.8) is 0 Å². The van der Waals surface area contributed by atoms with Crippen LogP contribution in [0.3, 0.4) is 0 Å². The van der Waals surface area contributed by atoms with E-state index in [0.717, 1.165) is 16.2 Å². The van der Waals surface area contributed by atoms with E-state index in [2.05, 4.69) is 11.7 Å². The van der Waals surface area contributed by atoms with Gasteiger partial charge in [-0.25, -0.2) is 4.68 Å². The zero-order valence-corrected chi connectivity index (χ0v) is 13.0. The number of hydrogen-bond donors (Lipinski definition) is 0. The molecule has 0 aliphatic rings. The number of benzene rings is 1. The van der Waals surface area contributed by atoms with E-state index >= 15 is 0 Å². The molecule has 0 aliphatic heterocycles. The van der Waals surface area contributed by atoms with Gasteiger partial charge in [0.25, 0.3) is 0 Å². The minimum absolute atomic E-state index is 0.00952. The smallest absolute Gasteiger partial charge is 0.330 e. The van der Waals surface area contributed by atoms with Gasteiger partial charge in [0.15, 0.2) is 0 Å². The minimum Gasteiger partial charge on any atom is -0.330 e. The fourth-order valence-corrected chi connectivity index (χ4v) is 2.25. The Morgan fingerprint density at radius 1 is 1.29 bits per heavy atom. The molecule has 1 amide bonds. The van der Waals surface area contributed by atoms with E-state index in [1.807, 2.05) is 30.3 Å². The average molecular weight is 337 g/mol. The molecule has 24 heavy (non-hydrogen) atoms. The number of nitrogens with zero attached hydrogens (tertiary/aromatic N) is 3. The van der Waals surface area contributed by atoms with Crippen molar-refractivity contribution in [3.05, 3.63) is 60.9 Å². The van der Waals surface area contributed by atoms with Crippen LogP contribution in [0.5, 0.6) is 0 Å². The molecule has 0 unspecified atom stereocenters. The number of halogens is 3. The van der Waals surface area contributed by atoms with E-state index in [4.69, 9.17) is 0 Å². The van der Waals surface area contributed by atoms with Crippen LogP contribution >= 0.6 is 0 Å². The quantitative estimate of drug-likeness (QED) is 0.727. The van der Waals surface area contributed by atoms with Crippen LogP contribution in [0.4, 0.5) is 13.2 Å². The summed E-state index contributed by atoms with van der Waals surface area (Å²) < 4.78 is 39.2. The average Bonchev–Trinajstić information content (AvgIpc) is 3.01. The van der Waals surface area contributed by atoms with Gasteiger partial charge in [-0.1, -0.05) is 24.3 Å². The highest BCUT2D eigenvalue weighted by Gasteiger charge is 2.32. The first-order chi connectivity index (χ1) is 11.4. The van der Waals surface area contributed by atoms with Crippen LogP contribution in [0.2, 0.25) is 0 Å². The second-order valence-corrected chi connectivity index (χ2v) is 5.31. The van der Waals surface area contributed by atoms with Gasteiger partial charge in [-0.15, -0.1) is 6.58 Å². The summed E-state index contributed by atoms with van der Waals surface area (Å²) in [5.74, 6) is -0.556. The second-order valence-electron chi connectivity index (χ2n) is 5.31. The second kappa shape index (κ2) is 7.81. The van der Waals surface area contributed by atoms with E-state index in [9.17, 15) is 18.0 Å². The van der Waals surface area contributed by atoms with Crippen LogP contribution in [0, 0.1) is 0 Å². The SMILES string of the molecule is C=CCN(CC(F)(F)F)C(=O)CCc1cnn(-c2ccccc2)c1. The van der Waals surface area contributed by atoms with Crippen LogP contribution in [0.15, 0.2) is 55.4 Å². The minimum atomic E-state index is -4.42. The Morgan fingerprint density at radius 3 is 2.62 bits per heavy atom. The van der Waals surface area contributed by atoms with Crippen molar-refractivity contribution in [2.45, 2.75) is 19.0 Å². The summed E-state index contributed by atoms with van der Waals surface area (Å²) in [5, 5.41) is 4.20. The molecule has 0 aliphatic carbocycles. The molecule has 4 nitrogen and oxygen atoms in total.